The van der Waals surface area contributed by atoms with Crippen molar-refractivity contribution >= 4 is 40.0 Å². The van der Waals surface area contributed by atoms with E-state index in [1.165, 1.54) is 6.92 Å². The third-order valence-electron chi connectivity index (χ3n) is 0.917. The van der Waals surface area contributed by atoms with Gasteiger partial charge in [-0.15, -0.1) is 0 Å². The predicted molar refractivity (Wildman–Crippen MR) is 49.9 cm³/mol. The summed E-state index contributed by atoms with van der Waals surface area (Å²) >= 11 is 0. The van der Waals surface area contributed by atoms with E-state index in [1.54, 1.807) is 13.8 Å². The summed E-state index contributed by atoms with van der Waals surface area (Å²) in [6, 6.07) is 0. The second-order valence-corrected chi connectivity index (χ2v) is 3.18. The SMILES string of the molecule is CCOC(C)OS(=O)(=O)OCC.[NaH]. The Morgan fingerprint density at radius 3 is 2.15 bits per heavy atom. The molecule has 0 rings (SSSR count). The molecule has 0 saturated carbocycles. The first kappa shape index (κ1) is 16.3. The first-order valence-corrected chi connectivity index (χ1v) is 5.04. The van der Waals surface area contributed by atoms with Gasteiger partial charge in [0.2, 0.25) is 0 Å². The summed E-state index contributed by atoms with van der Waals surface area (Å²) in [5, 5.41) is 0. The van der Waals surface area contributed by atoms with Gasteiger partial charge in [-0.2, -0.15) is 8.42 Å². The van der Waals surface area contributed by atoms with Gasteiger partial charge in [0.25, 0.3) is 0 Å². The van der Waals surface area contributed by atoms with Crippen LogP contribution >= 0.6 is 0 Å². The van der Waals surface area contributed by atoms with E-state index in [0.717, 1.165) is 0 Å². The van der Waals surface area contributed by atoms with E-state index in [9.17, 15) is 8.42 Å². The predicted octanol–water partition coefficient (Wildman–Crippen LogP) is 0.0183. The van der Waals surface area contributed by atoms with Crippen molar-refractivity contribution in [1.82, 2.24) is 0 Å². The molecule has 0 aliphatic carbocycles. The molecule has 0 aromatic carbocycles. The van der Waals surface area contributed by atoms with E-state index in [0.29, 0.717) is 6.61 Å². The molecule has 0 aliphatic rings. The van der Waals surface area contributed by atoms with Crippen LogP contribution in [-0.2, 0) is 23.5 Å². The Labute approximate surface area is 101 Å². The molecule has 0 aromatic heterocycles. The van der Waals surface area contributed by atoms with Crippen molar-refractivity contribution in [2.75, 3.05) is 13.2 Å². The molecule has 7 heteroatoms. The van der Waals surface area contributed by atoms with Crippen molar-refractivity contribution < 1.29 is 21.5 Å². The summed E-state index contributed by atoms with van der Waals surface area (Å²) in [7, 11) is -3.88. The number of ether oxygens (including phenoxy) is 1. The van der Waals surface area contributed by atoms with E-state index in [2.05, 4.69) is 8.37 Å². The Morgan fingerprint density at radius 1 is 1.23 bits per heavy atom. The second-order valence-electron chi connectivity index (χ2n) is 1.93. The molecule has 0 saturated heterocycles. The van der Waals surface area contributed by atoms with Gasteiger partial charge in [-0.3, -0.25) is 0 Å². The fourth-order valence-corrected chi connectivity index (χ4v) is 1.33. The van der Waals surface area contributed by atoms with Gasteiger partial charge in [0.05, 0.1) is 6.61 Å². The van der Waals surface area contributed by atoms with Crippen molar-refractivity contribution in [3.05, 3.63) is 0 Å². The zero-order chi connectivity index (χ0) is 9.61. The zero-order valence-electron chi connectivity index (χ0n) is 7.44. The van der Waals surface area contributed by atoms with Gasteiger partial charge in [-0.1, -0.05) is 0 Å². The molecular formula is C6H15NaO5S. The van der Waals surface area contributed by atoms with Crippen LogP contribution in [0.3, 0.4) is 0 Å². The van der Waals surface area contributed by atoms with Gasteiger partial charge >= 0.3 is 40.0 Å². The van der Waals surface area contributed by atoms with E-state index in [-0.39, 0.29) is 36.2 Å². The summed E-state index contributed by atoms with van der Waals surface area (Å²) in [5.74, 6) is 0. The molecular weight excluding hydrogens is 207 g/mol. The molecule has 0 amide bonds. The zero-order valence-corrected chi connectivity index (χ0v) is 8.26. The maximum absolute atomic E-state index is 10.8. The number of hydrogen-bond donors (Lipinski definition) is 0. The van der Waals surface area contributed by atoms with Crippen LogP contribution in [0, 0.1) is 0 Å². The Morgan fingerprint density at radius 2 is 1.77 bits per heavy atom. The maximum atomic E-state index is 10.8. The molecule has 0 radical (unpaired) electrons. The van der Waals surface area contributed by atoms with Crippen LogP contribution in [-0.4, -0.2) is 57.5 Å². The summed E-state index contributed by atoms with van der Waals surface area (Å²) in [4.78, 5) is 0. The molecule has 0 N–H and O–H groups in total. The van der Waals surface area contributed by atoms with Crippen LogP contribution < -0.4 is 0 Å². The van der Waals surface area contributed by atoms with Crippen LogP contribution in [0.2, 0.25) is 0 Å². The molecule has 1 atom stereocenters. The Bertz CT molecular complexity index is 203. The van der Waals surface area contributed by atoms with Crippen LogP contribution in [0.15, 0.2) is 0 Å². The molecule has 0 heterocycles. The van der Waals surface area contributed by atoms with E-state index in [1.807, 2.05) is 0 Å². The van der Waals surface area contributed by atoms with E-state index in [4.69, 9.17) is 4.74 Å². The minimum absolute atomic E-state index is 0. The molecule has 0 spiro atoms. The van der Waals surface area contributed by atoms with Gasteiger partial charge in [0.15, 0.2) is 6.29 Å². The van der Waals surface area contributed by atoms with Crippen molar-refractivity contribution in [1.29, 1.82) is 0 Å². The van der Waals surface area contributed by atoms with Gasteiger partial charge in [0, 0.05) is 6.61 Å². The fraction of sp³-hybridized carbons (Fsp3) is 1.00. The molecule has 0 aromatic rings. The van der Waals surface area contributed by atoms with Gasteiger partial charge in [0.1, 0.15) is 0 Å². The van der Waals surface area contributed by atoms with Crippen LogP contribution in [0.1, 0.15) is 20.8 Å². The molecule has 76 valence electrons. The Kier molecular flexibility index (Phi) is 10.2. The average Bonchev–Trinajstić information content (AvgIpc) is 1.85. The van der Waals surface area contributed by atoms with Gasteiger partial charge in [-0.25, -0.2) is 8.37 Å². The minimum atomic E-state index is -3.88. The van der Waals surface area contributed by atoms with E-state index < -0.39 is 16.7 Å². The molecule has 0 aliphatic heterocycles. The summed E-state index contributed by atoms with van der Waals surface area (Å²) in [5.41, 5.74) is 0. The third-order valence-corrected chi connectivity index (χ3v) is 1.95. The van der Waals surface area contributed by atoms with Crippen molar-refractivity contribution in [3.63, 3.8) is 0 Å². The molecule has 1 unspecified atom stereocenters. The topological polar surface area (TPSA) is 61.8 Å². The Balaban J connectivity index is 0. The standard InChI is InChI=1S/C6H14O5S.Na.H/c1-4-9-6(3)11-12(7,8)10-5-2;;/h6H,4-5H2,1-3H3;;. The summed E-state index contributed by atoms with van der Waals surface area (Å²) in [6.07, 6.45) is -0.799. The monoisotopic (exact) mass is 222 g/mol. The third kappa shape index (κ3) is 9.14. The van der Waals surface area contributed by atoms with E-state index >= 15 is 0 Å². The molecule has 13 heavy (non-hydrogen) atoms. The number of hydrogen-bond acceptors (Lipinski definition) is 5. The normalized spacial score (nSPS) is 13.5. The van der Waals surface area contributed by atoms with Crippen LogP contribution in [0.4, 0.5) is 0 Å². The number of rotatable bonds is 6. The fourth-order valence-electron chi connectivity index (χ4n) is 0.601. The Hall–Kier alpha value is 0.830. The van der Waals surface area contributed by atoms with Crippen molar-refractivity contribution in [3.8, 4) is 0 Å². The summed E-state index contributed by atoms with van der Waals surface area (Å²) < 4.78 is 35.2. The van der Waals surface area contributed by atoms with Crippen molar-refractivity contribution in [2.24, 2.45) is 0 Å². The van der Waals surface area contributed by atoms with Crippen molar-refractivity contribution in [2.45, 2.75) is 27.1 Å². The molecule has 0 fully saturated rings. The second kappa shape index (κ2) is 8.16. The summed E-state index contributed by atoms with van der Waals surface area (Å²) in [6.45, 7) is 5.24. The van der Waals surface area contributed by atoms with Gasteiger partial charge < -0.3 is 4.74 Å². The molecule has 5 nitrogen and oxygen atoms in total. The average molecular weight is 222 g/mol. The van der Waals surface area contributed by atoms with Crippen LogP contribution in [0.25, 0.3) is 0 Å². The first-order chi connectivity index (χ1) is 5.52. The molecule has 0 bridgehead atoms. The van der Waals surface area contributed by atoms with Gasteiger partial charge in [-0.05, 0) is 20.8 Å². The van der Waals surface area contributed by atoms with Crippen LogP contribution in [0.5, 0.6) is 0 Å². The first-order valence-electron chi connectivity index (χ1n) is 3.71. The quantitative estimate of drug-likeness (QED) is 0.468.